The monoisotopic (exact) mass is 494 g/mol. The third-order valence-corrected chi connectivity index (χ3v) is 5.92. The molecule has 1 aromatic carbocycles. The Balaban J connectivity index is 1.88. The van der Waals surface area contributed by atoms with E-state index in [4.69, 9.17) is 4.74 Å². The maximum Gasteiger partial charge on any atom is 0.441 e. The van der Waals surface area contributed by atoms with E-state index in [9.17, 15) is 22.6 Å². The van der Waals surface area contributed by atoms with Crippen molar-refractivity contribution in [3.8, 4) is 11.6 Å². The molecule has 0 saturated heterocycles. The summed E-state index contributed by atoms with van der Waals surface area (Å²) in [5, 5.41) is 4.00. The average molecular weight is 495 g/mol. The number of para-hydroxylation sites is 1. The van der Waals surface area contributed by atoms with Crippen molar-refractivity contribution in [3.63, 3.8) is 0 Å². The molecule has 2 atom stereocenters. The number of benzene rings is 1. The highest BCUT2D eigenvalue weighted by Gasteiger charge is 2.33. The summed E-state index contributed by atoms with van der Waals surface area (Å²) in [4.78, 5) is 31.8. The quantitative estimate of drug-likeness (QED) is 0.582. The van der Waals surface area contributed by atoms with Gasteiger partial charge in [0.2, 0.25) is 11.7 Å². The molecule has 1 aliphatic carbocycles. The second-order valence-corrected chi connectivity index (χ2v) is 9.98. The maximum atomic E-state index is 13.8. The van der Waals surface area contributed by atoms with Gasteiger partial charge in [0.15, 0.2) is 0 Å². The first-order valence-corrected chi connectivity index (χ1v) is 12.2. The van der Waals surface area contributed by atoms with Crippen LogP contribution in [0.15, 0.2) is 52.4 Å². The zero-order chi connectivity index (χ0) is 24.9. The molecule has 0 radical (unpaired) electrons. The van der Waals surface area contributed by atoms with Gasteiger partial charge in [0.25, 0.3) is 5.91 Å². The van der Waals surface area contributed by atoms with Crippen LogP contribution >= 0.6 is 0 Å². The number of methoxy groups -OCH3 is 1. The molecule has 1 aromatic heterocycles. The number of hydrogen-bond acceptors (Lipinski definition) is 7. The molecule has 1 saturated carbocycles. The lowest BCUT2D eigenvalue weighted by molar-refractivity contribution is 0.00707. The van der Waals surface area contributed by atoms with Gasteiger partial charge in [-0.1, -0.05) is 24.3 Å². The molecule has 34 heavy (non-hydrogen) atoms. The number of carbonyl (C=O) groups excluding carboxylic acids is 2. The Morgan fingerprint density at radius 1 is 1.29 bits per heavy atom. The Kier molecular flexibility index (Phi) is 7.60. The van der Waals surface area contributed by atoms with Gasteiger partial charge in [0.05, 0.1) is 22.9 Å². The first kappa shape index (κ1) is 25.2. The van der Waals surface area contributed by atoms with Crippen molar-refractivity contribution in [1.29, 1.82) is 0 Å². The Morgan fingerprint density at radius 2 is 1.97 bits per heavy atom. The zero-order valence-corrected chi connectivity index (χ0v) is 19.6. The van der Waals surface area contributed by atoms with Crippen LogP contribution in [0.3, 0.4) is 0 Å². The van der Waals surface area contributed by atoms with Crippen LogP contribution in [0.2, 0.25) is 0 Å². The third kappa shape index (κ3) is 7.04. The number of nitrogens with one attached hydrogen (secondary N) is 1. The second-order valence-electron chi connectivity index (χ2n) is 7.80. The van der Waals surface area contributed by atoms with Gasteiger partial charge in [-0.15, -0.1) is 4.36 Å². The molecule has 2 aromatic rings. The molecular formula is C22H24F2N4O5S. The molecule has 12 heteroatoms. The minimum atomic E-state index is -3.34. The van der Waals surface area contributed by atoms with Crippen LogP contribution in [0.5, 0.6) is 11.6 Å². The van der Waals surface area contributed by atoms with Crippen molar-refractivity contribution in [3.05, 3.63) is 59.4 Å². The summed E-state index contributed by atoms with van der Waals surface area (Å²) in [6, 6.07) is 7.75. The Morgan fingerprint density at radius 3 is 2.56 bits per heavy atom. The maximum absolute atomic E-state index is 13.8. The molecule has 1 aliphatic rings. The summed E-state index contributed by atoms with van der Waals surface area (Å²) >= 11 is 0. The lowest BCUT2D eigenvalue weighted by Gasteiger charge is -2.17. The van der Waals surface area contributed by atoms with E-state index in [2.05, 4.69) is 24.4 Å². The molecule has 182 valence electrons. The van der Waals surface area contributed by atoms with E-state index in [-0.39, 0.29) is 17.4 Å². The number of carbonyl (C=O) groups is 2. The van der Waals surface area contributed by atoms with Gasteiger partial charge in [-0.2, -0.15) is 13.8 Å². The summed E-state index contributed by atoms with van der Waals surface area (Å²) in [6.45, 7) is 0.643. The van der Waals surface area contributed by atoms with E-state index < -0.39 is 39.5 Å². The Bertz CT molecular complexity index is 1200. The van der Waals surface area contributed by atoms with Crippen molar-refractivity contribution in [2.45, 2.75) is 31.7 Å². The van der Waals surface area contributed by atoms with Gasteiger partial charge in [0.1, 0.15) is 11.3 Å². The molecule has 2 amide bonds. The van der Waals surface area contributed by atoms with E-state index in [1.54, 1.807) is 30.3 Å². The van der Waals surface area contributed by atoms with Crippen LogP contribution < -0.4 is 10.1 Å². The molecule has 0 spiro atoms. The summed E-state index contributed by atoms with van der Waals surface area (Å²) in [5.74, 6) is -4.74. The van der Waals surface area contributed by atoms with Crippen molar-refractivity contribution in [2.75, 3.05) is 13.4 Å². The number of amides is 2. The number of nitrogens with zero attached hydrogens (tertiary/aromatic N) is 3. The summed E-state index contributed by atoms with van der Waals surface area (Å²) in [5.41, 5.74) is -0.146. The standard InChI is InChI=1S/C22H24F2N4O5S/c1-22(23,24)20-25-13-16(19(27-20)33-15-7-5-4-6-8-15)18(29)26-17(14-9-10-14)11-12-34(3,31)28-21(30)32-2/h4-8,11-14,17H,9-10H2,1-3H3,(H,26,29)/b12-11+. The first-order valence-electron chi connectivity index (χ1n) is 10.3. The van der Waals surface area contributed by atoms with Crippen LogP contribution in [-0.4, -0.2) is 45.6 Å². The van der Waals surface area contributed by atoms with E-state index in [0.717, 1.165) is 26.1 Å². The lowest BCUT2D eigenvalue weighted by Crippen LogP contribution is -2.35. The van der Waals surface area contributed by atoms with Crippen molar-refractivity contribution >= 4 is 21.7 Å². The number of halogens is 2. The molecule has 2 unspecified atom stereocenters. The van der Waals surface area contributed by atoms with Gasteiger partial charge in [-0.3, -0.25) is 4.79 Å². The molecule has 1 fully saturated rings. The molecule has 3 rings (SSSR count). The first-order chi connectivity index (χ1) is 16.0. The molecule has 9 nitrogen and oxygen atoms in total. The van der Waals surface area contributed by atoms with Crippen LogP contribution in [0.1, 0.15) is 35.9 Å². The molecule has 1 heterocycles. The van der Waals surface area contributed by atoms with Crippen molar-refractivity contribution in [2.24, 2.45) is 10.3 Å². The zero-order valence-electron chi connectivity index (χ0n) is 18.7. The largest absolute Gasteiger partial charge is 0.451 e. The normalized spacial score (nSPS) is 16.4. The van der Waals surface area contributed by atoms with Crippen LogP contribution in [-0.2, 0) is 20.4 Å². The van der Waals surface area contributed by atoms with E-state index >= 15 is 0 Å². The van der Waals surface area contributed by atoms with Crippen molar-refractivity contribution in [1.82, 2.24) is 15.3 Å². The highest BCUT2D eigenvalue weighted by molar-refractivity contribution is 7.96. The fourth-order valence-corrected chi connectivity index (χ4v) is 3.76. The van der Waals surface area contributed by atoms with Crippen LogP contribution in [0.4, 0.5) is 13.6 Å². The number of aromatic nitrogens is 2. The van der Waals surface area contributed by atoms with Gasteiger partial charge < -0.3 is 14.8 Å². The van der Waals surface area contributed by atoms with E-state index in [1.807, 2.05) is 0 Å². The number of hydrogen-bond donors (Lipinski definition) is 1. The number of rotatable bonds is 8. The topological polar surface area (TPSA) is 120 Å². The van der Waals surface area contributed by atoms with Gasteiger partial charge in [0, 0.05) is 24.8 Å². The fourth-order valence-electron chi connectivity index (χ4n) is 2.87. The minimum Gasteiger partial charge on any atom is -0.451 e. The molecular weight excluding hydrogens is 470 g/mol. The highest BCUT2D eigenvalue weighted by atomic mass is 32.2. The predicted octanol–water partition coefficient (Wildman–Crippen LogP) is 4.27. The predicted molar refractivity (Wildman–Crippen MR) is 120 cm³/mol. The number of alkyl halides is 2. The molecule has 1 N–H and O–H groups in total. The SMILES string of the molecule is COC(=O)N=S(C)(=O)/C=C/C(NC(=O)c1cnc(C(C)(F)F)nc1Oc1ccccc1)C1CC1. The van der Waals surface area contributed by atoms with E-state index in [1.165, 1.54) is 17.7 Å². The Hall–Kier alpha value is -3.41. The summed E-state index contributed by atoms with van der Waals surface area (Å²) < 4.78 is 53.6. The summed E-state index contributed by atoms with van der Waals surface area (Å²) in [6.07, 6.45) is 4.40. The smallest absolute Gasteiger partial charge is 0.441 e. The minimum absolute atomic E-state index is 0.0761. The van der Waals surface area contributed by atoms with Crippen molar-refractivity contribution < 1.29 is 32.1 Å². The molecule has 0 bridgehead atoms. The van der Waals surface area contributed by atoms with Gasteiger partial charge >= 0.3 is 12.0 Å². The third-order valence-electron chi connectivity index (χ3n) is 4.75. The van der Waals surface area contributed by atoms with Crippen LogP contribution in [0.25, 0.3) is 0 Å². The lowest BCUT2D eigenvalue weighted by atomic mass is 10.1. The van der Waals surface area contributed by atoms with Gasteiger partial charge in [-0.25, -0.2) is 14.0 Å². The van der Waals surface area contributed by atoms with Crippen LogP contribution in [0, 0.1) is 5.92 Å². The molecule has 0 aliphatic heterocycles. The fraction of sp³-hybridized carbons (Fsp3) is 0.364. The number of ether oxygens (including phenoxy) is 2. The average Bonchev–Trinajstić information content (AvgIpc) is 3.61. The Labute approximate surface area is 195 Å². The second kappa shape index (κ2) is 10.2. The summed E-state index contributed by atoms with van der Waals surface area (Å²) in [7, 11) is -1.91. The highest BCUT2D eigenvalue weighted by Crippen LogP contribution is 2.34. The van der Waals surface area contributed by atoms with E-state index in [0.29, 0.717) is 12.7 Å². The van der Waals surface area contributed by atoms with Gasteiger partial charge in [-0.05, 0) is 30.9 Å².